The Morgan fingerprint density at radius 2 is 2.06 bits per heavy atom. The molecule has 18 heavy (non-hydrogen) atoms. The molecule has 4 nitrogen and oxygen atoms in total. The van der Waals surface area contributed by atoms with E-state index >= 15 is 0 Å². The van der Waals surface area contributed by atoms with E-state index in [1.54, 1.807) is 12.4 Å². The minimum Gasteiger partial charge on any atom is -0.466 e. The number of hydrogen-bond acceptors (Lipinski definition) is 4. The summed E-state index contributed by atoms with van der Waals surface area (Å²) in [6.45, 7) is 8.75. The molecule has 0 saturated heterocycles. The maximum absolute atomic E-state index is 11.6. The van der Waals surface area contributed by atoms with Crippen LogP contribution in [-0.4, -0.2) is 35.5 Å². The lowest BCUT2D eigenvalue weighted by Crippen LogP contribution is -2.32. The predicted molar refractivity (Wildman–Crippen MR) is 71.0 cm³/mol. The summed E-state index contributed by atoms with van der Waals surface area (Å²) in [6, 6.07) is 4.00. The van der Waals surface area contributed by atoms with E-state index in [-0.39, 0.29) is 11.9 Å². The molecule has 4 heteroatoms. The average molecular weight is 250 g/mol. The van der Waals surface area contributed by atoms with Crippen LogP contribution in [0.15, 0.2) is 24.5 Å². The number of rotatable bonds is 7. The van der Waals surface area contributed by atoms with E-state index in [4.69, 9.17) is 4.74 Å². The number of ether oxygens (including phenoxy) is 1. The minimum absolute atomic E-state index is 0.0910. The maximum atomic E-state index is 11.6. The Bertz CT molecular complexity index is 354. The number of pyridine rings is 1. The quantitative estimate of drug-likeness (QED) is 0.695. The van der Waals surface area contributed by atoms with Gasteiger partial charge in [0.15, 0.2) is 0 Å². The van der Waals surface area contributed by atoms with Crippen molar-refractivity contribution in [1.29, 1.82) is 0 Å². The fourth-order valence-corrected chi connectivity index (χ4v) is 1.80. The molecule has 0 saturated carbocycles. The van der Waals surface area contributed by atoms with Crippen LogP contribution in [0.5, 0.6) is 0 Å². The van der Waals surface area contributed by atoms with E-state index in [2.05, 4.69) is 16.8 Å². The van der Waals surface area contributed by atoms with E-state index in [1.807, 2.05) is 26.0 Å². The lowest BCUT2D eigenvalue weighted by atomic mass is 10.1. The summed E-state index contributed by atoms with van der Waals surface area (Å²) < 4.78 is 5.02. The predicted octanol–water partition coefficient (Wildman–Crippen LogP) is 2.10. The molecule has 1 rings (SSSR count). The van der Waals surface area contributed by atoms with Crippen molar-refractivity contribution in [3.05, 3.63) is 30.1 Å². The highest BCUT2D eigenvalue weighted by Crippen LogP contribution is 2.07. The van der Waals surface area contributed by atoms with Crippen molar-refractivity contribution in [2.75, 3.05) is 19.7 Å². The Morgan fingerprint density at radius 1 is 1.39 bits per heavy atom. The summed E-state index contributed by atoms with van der Waals surface area (Å²) in [4.78, 5) is 17.8. The van der Waals surface area contributed by atoms with Gasteiger partial charge in [-0.1, -0.05) is 13.8 Å². The SMILES string of the molecule is CCOC(=O)C(C)CN(CC)Cc1ccncc1. The lowest BCUT2D eigenvalue weighted by Gasteiger charge is -2.23. The third-order valence-electron chi connectivity index (χ3n) is 2.82. The van der Waals surface area contributed by atoms with Crippen molar-refractivity contribution in [2.45, 2.75) is 27.3 Å². The van der Waals surface area contributed by atoms with Gasteiger partial charge in [0.1, 0.15) is 0 Å². The van der Waals surface area contributed by atoms with Crippen LogP contribution in [0.2, 0.25) is 0 Å². The van der Waals surface area contributed by atoms with Crippen LogP contribution in [0.25, 0.3) is 0 Å². The van der Waals surface area contributed by atoms with Crippen molar-refractivity contribution in [2.24, 2.45) is 5.92 Å². The molecule has 0 aliphatic rings. The fraction of sp³-hybridized carbons (Fsp3) is 0.571. The Balaban J connectivity index is 2.49. The molecular formula is C14H22N2O2. The first-order valence-electron chi connectivity index (χ1n) is 6.45. The summed E-state index contributed by atoms with van der Waals surface area (Å²) in [5.41, 5.74) is 1.21. The Morgan fingerprint density at radius 3 is 2.61 bits per heavy atom. The van der Waals surface area contributed by atoms with Gasteiger partial charge >= 0.3 is 5.97 Å². The zero-order valence-electron chi connectivity index (χ0n) is 11.4. The molecule has 0 radical (unpaired) electrons. The van der Waals surface area contributed by atoms with E-state index in [0.29, 0.717) is 6.61 Å². The molecule has 0 aromatic carbocycles. The van der Waals surface area contributed by atoms with Crippen LogP contribution >= 0.6 is 0 Å². The number of carbonyl (C=O) groups excluding carboxylic acids is 1. The summed E-state index contributed by atoms with van der Waals surface area (Å²) >= 11 is 0. The Kier molecular flexibility index (Phi) is 6.36. The van der Waals surface area contributed by atoms with Crippen molar-refractivity contribution in [3.63, 3.8) is 0 Å². The first kappa shape index (κ1) is 14.6. The average Bonchev–Trinajstić information content (AvgIpc) is 2.39. The van der Waals surface area contributed by atoms with Crippen LogP contribution in [0.3, 0.4) is 0 Å². The molecule has 0 N–H and O–H groups in total. The summed E-state index contributed by atoms with van der Waals surface area (Å²) in [5.74, 6) is -0.211. The van der Waals surface area contributed by atoms with Crippen molar-refractivity contribution >= 4 is 5.97 Å². The van der Waals surface area contributed by atoms with Crippen molar-refractivity contribution in [3.8, 4) is 0 Å². The van der Waals surface area contributed by atoms with Crippen LogP contribution in [-0.2, 0) is 16.1 Å². The van der Waals surface area contributed by atoms with Gasteiger partial charge in [-0.05, 0) is 31.2 Å². The van der Waals surface area contributed by atoms with Gasteiger partial charge in [0.2, 0.25) is 0 Å². The number of hydrogen-bond donors (Lipinski definition) is 0. The molecule has 1 unspecified atom stereocenters. The third kappa shape index (κ3) is 4.84. The smallest absolute Gasteiger partial charge is 0.309 e. The monoisotopic (exact) mass is 250 g/mol. The fourth-order valence-electron chi connectivity index (χ4n) is 1.80. The van der Waals surface area contributed by atoms with Gasteiger partial charge in [-0.25, -0.2) is 0 Å². The molecule has 1 aromatic rings. The first-order valence-corrected chi connectivity index (χ1v) is 6.45. The normalized spacial score (nSPS) is 12.4. The molecule has 1 aromatic heterocycles. The van der Waals surface area contributed by atoms with Gasteiger partial charge in [0, 0.05) is 25.5 Å². The zero-order chi connectivity index (χ0) is 13.4. The Hall–Kier alpha value is -1.42. The van der Waals surface area contributed by atoms with Gasteiger partial charge in [-0.2, -0.15) is 0 Å². The van der Waals surface area contributed by atoms with Gasteiger partial charge in [-0.15, -0.1) is 0 Å². The van der Waals surface area contributed by atoms with Crippen LogP contribution in [0, 0.1) is 5.92 Å². The van der Waals surface area contributed by atoms with Crippen LogP contribution < -0.4 is 0 Å². The minimum atomic E-state index is -0.120. The van der Waals surface area contributed by atoms with Gasteiger partial charge in [0.25, 0.3) is 0 Å². The second-order valence-corrected chi connectivity index (χ2v) is 4.34. The van der Waals surface area contributed by atoms with Crippen LogP contribution in [0.1, 0.15) is 26.3 Å². The molecule has 1 heterocycles. The number of nitrogens with zero attached hydrogens (tertiary/aromatic N) is 2. The zero-order valence-corrected chi connectivity index (χ0v) is 11.4. The van der Waals surface area contributed by atoms with Gasteiger partial charge in [-0.3, -0.25) is 14.7 Å². The molecule has 0 aliphatic heterocycles. The van der Waals surface area contributed by atoms with Crippen LogP contribution in [0.4, 0.5) is 0 Å². The largest absolute Gasteiger partial charge is 0.466 e. The highest BCUT2D eigenvalue weighted by atomic mass is 16.5. The van der Waals surface area contributed by atoms with E-state index < -0.39 is 0 Å². The van der Waals surface area contributed by atoms with Gasteiger partial charge in [0.05, 0.1) is 12.5 Å². The first-order chi connectivity index (χ1) is 8.67. The molecule has 100 valence electrons. The molecule has 0 fully saturated rings. The summed E-state index contributed by atoms with van der Waals surface area (Å²) in [7, 11) is 0. The summed E-state index contributed by atoms with van der Waals surface area (Å²) in [5, 5.41) is 0. The van der Waals surface area contributed by atoms with Crippen molar-refractivity contribution in [1.82, 2.24) is 9.88 Å². The van der Waals surface area contributed by atoms with E-state index in [0.717, 1.165) is 19.6 Å². The molecule has 0 bridgehead atoms. The highest BCUT2D eigenvalue weighted by Gasteiger charge is 2.17. The Labute approximate surface area is 109 Å². The van der Waals surface area contributed by atoms with Gasteiger partial charge < -0.3 is 4.74 Å². The maximum Gasteiger partial charge on any atom is 0.309 e. The standard InChI is InChI=1S/C14H22N2O2/c1-4-16(10-12(3)14(17)18-5-2)11-13-6-8-15-9-7-13/h6-9,12H,4-5,10-11H2,1-3H3. The van der Waals surface area contributed by atoms with E-state index in [1.165, 1.54) is 5.56 Å². The number of aromatic nitrogens is 1. The molecular weight excluding hydrogens is 228 g/mol. The van der Waals surface area contributed by atoms with Crippen molar-refractivity contribution < 1.29 is 9.53 Å². The molecule has 1 atom stereocenters. The highest BCUT2D eigenvalue weighted by molar-refractivity contribution is 5.72. The van der Waals surface area contributed by atoms with E-state index in [9.17, 15) is 4.79 Å². The lowest BCUT2D eigenvalue weighted by molar-refractivity contribution is -0.148. The topological polar surface area (TPSA) is 42.4 Å². The molecule has 0 spiro atoms. The molecule has 0 amide bonds. The number of carbonyl (C=O) groups is 1. The second kappa shape index (κ2) is 7.82. The third-order valence-corrected chi connectivity index (χ3v) is 2.82. The number of esters is 1. The second-order valence-electron chi connectivity index (χ2n) is 4.34. The summed E-state index contributed by atoms with van der Waals surface area (Å²) in [6.07, 6.45) is 3.58. The molecule has 0 aliphatic carbocycles.